The van der Waals surface area contributed by atoms with Crippen molar-refractivity contribution in [3.05, 3.63) is 126 Å². The molecule has 0 spiro atoms. The van der Waals surface area contributed by atoms with Crippen LogP contribution >= 0.6 is 0 Å². The van der Waals surface area contributed by atoms with E-state index in [1.165, 1.54) is 4.90 Å². The first-order valence-electron chi connectivity index (χ1n) is 12.4. The topological polar surface area (TPSA) is 59.1 Å². The third-order valence-electron chi connectivity index (χ3n) is 7.08. The number of carbonyl (C=O) groups excluding carboxylic acids is 2. The van der Waals surface area contributed by atoms with E-state index >= 15 is 0 Å². The molecule has 4 aromatic rings. The predicted molar refractivity (Wildman–Crippen MR) is 141 cm³/mol. The Morgan fingerprint density at radius 3 is 1.97 bits per heavy atom. The van der Waals surface area contributed by atoms with E-state index in [9.17, 15) is 9.59 Å². The van der Waals surface area contributed by atoms with E-state index in [1.54, 1.807) is 29.3 Å². The third-order valence-corrected chi connectivity index (χ3v) is 7.08. The zero-order valence-electron chi connectivity index (χ0n) is 20.4. The Morgan fingerprint density at radius 1 is 0.757 bits per heavy atom. The van der Waals surface area contributed by atoms with Crippen LogP contribution in [0.2, 0.25) is 0 Å². The zero-order chi connectivity index (χ0) is 25.4. The summed E-state index contributed by atoms with van der Waals surface area (Å²) in [4.78, 5) is 36.5. The highest BCUT2D eigenvalue weighted by Gasteiger charge is 2.72. The van der Waals surface area contributed by atoms with E-state index in [2.05, 4.69) is 0 Å². The molecule has 184 valence electrons. The molecule has 2 amide bonds. The second kappa shape index (κ2) is 9.22. The van der Waals surface area contributed by atoms with Gasteiger partial charge in [-0.1, -0.05) is 78.9 Å². The molecule has 2 fully saturated rings. The molecule has 2 aliphatic rings. The summed E-state index contributed by atoms with van der Waals surface area (Å²) < 4.78 is 5.56. The van der Waals surface area contributed by atoms with Crippen molar-refractivity contribution in [2.24, 2.45) is 0 Å². The highest BCUT2D eigenvalue weighted by atomic mass is 16.7. The fraction of sp³-hybridized carbons (Fsp3) is 0.161. The van der Waals surface area contributed by atoms with Crippen molar-refractivity contribution in [1.82, 2.24) is 0 Å². The van der Waals surface area contributed by atoms with Crippen LogP contribution in [-0.2, 0) is 19.8 Å². The number of carbonyl (C=O) groups is 2. The Hall–Kier alpha value is -4.42. The maximum atomic E-state index is 14.7. The van der Waals surface area contributed by atoms with Gasteiger partial charge >= 0.3 is 0 Å². The van der Waals surface area contributed by atoms with Gasteiger partial charge in [0.2, 0.25) is 5.91 Å². The van der Waals surface area contributed by atoms with Crippen molar-refractivity contribution < 1.29 is 19.2 Å². The molecule has 0 bridgehead atoms. The zero-order valence-corrected chi connectivity index (χ0v) is 20.4. The number of ether oxygens (including phenoxy) is 1. The van der Waals surface area contributed by atoms with E-state index in [0.29, 0.717) is 18.0 Å². The van der Waals surface area contributed by atoms with Crippen LogP contribution in [0, 0.1) is 0 Å². The minimum Gasteiger partial charge on any atom is -0.494 e. The van der Waals surface area contributed by atoms with Gasteiger partial charge in [0.1, 0.15) is 17.2 Å². The van der Waals surface area contributed by atoms with Crippen LogP contribution in [0.15, 0.2) is 115 Å². The monoisotopic (exact) mass is 490 g/mol. The molecule has 0 aliphatic carbocycles. The Kier molecular flexibility index (Phi) is 5.74. The van der Waals surface area contributed by atoms with E-state index in [1.807, 2.05) is 97.9 Å². The van der Waals surface area contributed by atoms with Crippen molar-refractivity contribution in [2.45, 2.75) is 24.5 Å². The molecule has 0 unspecified atom stereocenters. The molecule has 37 heavy (non-hydrogen) atoms. The fourth-order valence-corrected chi connectivity index (χ4v) is 5.52. The van der Waals surface area contributed by atoms with Crippen LogP contribution < -0.4 is 14.7 Å². The lowest BCUT2D eigenvalue weighted by Gasteiger charge is -2.35. The van der Waals surface area contributed by atoms with Crippen molar-refractivity contribution in [3.63, 3.8) is 0 Å². The van der Waals surface area contributed by atoms with Crippen LogP contribution in [0.1, 0.15) is 24.1 Å². The molecular weight excluding hydrogens is 464 g/mol. The molecule has 0 aromatic heterocycles. The normalized spacial score (nSPS) is 22.8. The van der Waals surface area contributed by atoms with Gasteiger partial charge in [0.05, 0.1) is 18.0 Å². The lowest BCUT2D eigenvalue weighted by Crippen LogP contribution is -2.46. The summed E-state index contributed by atoms with van der Waals surface area (Å²) in [5.74, 6) is -0.0282. The van der Waals surface area contributed by atoms with Crippen LogP contribution in [0.4, 0.5) is 11.4 Å². The van der Waals surface area contributed by atoms with E-state index in [0.717, 1.165) is 16.8 Å². The molecule has 2 aliphatic heterocycles. The number of imide groups is 1. The van der Waals surface area contributed by atoms with Crippen LogP contribution in [0.5, 0.6) is 5.75 Å². The molecule has 0 radical (unpaired) electrons. The predicted octanol–water partition coefficient (Wildman–Crippen LogP) is 5.46. The molecule has 2 heterocycles. The lowest BCUT2D eigenvalue weighted by molar-refractivity contribution is -0.126. The SMILES string of the molecule is CCOc1ccc(N2C(=O)[C@@H]3ON(c4ccccc4)[C@@H](c4ccccc4)[C@]3(c3ccccc3)C2=O)cc1. The highest BCUT2D eigenvalue weighted by Crippen LogP contribution is 2.57. The Bertz CT molecular complexity index is 1410. The second-order valence-electron chi connectivity index (χ2n) is 9.10. The average molecular weight is 491 g/mol. The largest absolute Gasteiger partial charge is 0.494 e. The summed E-state index contributed by atoms with van der Waals surface area (Å²) >= 11 is 0. The first kappa shape index (κ1) is 23.0. The van der Waals surface area contributed by atoms with E-state index < -0.39 is 23.5 Å². The molecule has 6 rings (SSSR count). The summed E-state index contributed by atoms with van der Waals surface area (Å²) in [7, 11) is 0. The van der Waals surface area contributed by atoms with Gasteiger partial charge in [0.25, 0.3) is 5.91 Å². The van der Waals surface area contributed by atoms with E-state index in [4.69, 9.17) is 9.57 Å². The number of amides is 2. The lowest BCUT2D eigenvalue weighted by atomic mass is 9.69. The number of hydrogen-bond acceptors (Lipinski definition) is 5. The highest BCUT2D eigenvalue weighted by molar-refractivity contribution is 6.28. The maximum absolute atomic E-state index is 14.7. The standard InChI is InChI=1S/C31H26N2O4/c1-2-36-26-20-18-24(19-21-26)32-29(34)28-31(30(32)35,23-14-8-4-9-15-23)27(22-12-6-3-7-13-22)33(37-28)25-16-10-5-11-17-25/h3-21,27-28H,2H2,1H3/t27-,28-,31-/m0/s1. The minimum atomic E-state index is -1.30. The summed E-state index contributed by atoms with van der Waals surface area (Å²) in [6.45, 7) is 2.44. The number of hydroxylamine groups is 1. The third kappa shape index (κ3) is 3.52. The maximum Gasteiger partial charge on any atom is 0.267 e. The molecule has 4 aromatic carbocycles. The number of para-hydroxylation sites is 1. The van der Waals surface area contributed by atoms with Gasteiger partial charge in [-0.2, -0.15) is 0 Å². The molecular formula is C31H26N2O4. The number of hydrogen-bond donors (Lipinski definition) is 0. The van der Waals surface area contributed by atoms with Crippen LogP contribution in [-0.4, -0.2) is 24.5 Å². The number of rotatable bonds is 6. The summed E-state index contributed by atoms with van der Waals surface area (Å²) in [5.41, 5.74) is 1.58. The minimum absolute atomic E-state index is 0.315. The van der Waals surface area contributed by atoms with E-state index in [-0.39, 0.29) is 5.91 Å². The van der Waals surface area contributed by atoms with Crippen molar-refractivity contribution in [3.8, 4) is 5.75 Å². The molecule has 6 heteroatoms. The van der Waals surface area contributed by atoms with Gasteiger partial charge < -0.3 is 4.74 Å². The van der Waals surface area contributed by atoms with Gasteiger partial charge in [-0.3, -0.25) is 14.4 Å². The van der Waals surface area contributed by atoms with Gasteiger partial charge in [-0.15, -0.1) is 0 Å². The molecule has 2 saturated heterocycles. The molecule has 0 saturated carbocycles. The molecule has 0 N–H and O–H groups in total. The quantitative estimate of drug-likeness (QED) is 0.336. The summed E-state index contributed by atoms with van der Waals surface area (Å²) in [6.07, 6.45) is -1.04. The number of nitrogens with zero attached hydrogens (tertiary/aromatic N) is 2. The molecule has 6 nitrogen and oxygen atoms in total. The summed E-state index contributed by atoms with van der Waals surface area (Å²) in [6, 6.07) is 35.4. The van der Waals surface area contributed by atoms with Gasteiger partial charge in [-0.05, 0) is 54.4 Å². The smallest absolute Gasteiger partial charge is 0.267 e. The Balaban J connectivity index is 1.56. The van der Waals surface area contributed by atoms with Gasteiger partial charge in [0, 0.05) is 0 Å². The number of benzene rings is 4. The van der Waals surface area contributed by atoms with Gasteiger partial charge in [-0.25, -0.2) is 9.96 Å². The number of fused-ring (bicyclic) bond motifs is 1. The molecule has 3 atom stereocenters. The first-order valence-corrected chi connectivity index (χ1v) is 12.4. The first-order chi connectivity index (χ1) is 18.2. The summed E-state index contributed by atoms with van der Waals surface area (Å²) in [5, 5.41) is 1.73. The van der Waals surface area contributed by atoms with Crippen molar-refractivity contribution in [2.75, 3.05) is 16.6 Å². The number of anilines is 2. The van der Waals surface area contributed by atoms with Crippen LogP contribution in [0.25, 0.3) is 0 Å². The second-order valence-corrected chi connectivity index (χ2v) is 9.10. The van der Waals surface area contributed by atoms with Crippen molar-refractivity contribution >= 4 is 23.2 Å². The fourth-order valence-electron chi connectivity index (χ4n) is 5.52. The Morgan fingerprint density at radius 2 is 1.35 bits per heavy atom. The van der Waals surface area contributed by atoms with Crippen molar-refractivity contribution in [1.29, 1.82) is 0 Å². The van der Waals surface area contributed by atoms with Gasteiger partial charge in [0.15, 0.2) is 6.10 Å². The average Bonchev–Trinajstić information content (AvgIpc) is 3.42. The van der Waals surface area contributed by atoms with Crippen LogP contribution in [0.3, 0.4) is 0 Å². The Labute approximate surface area is 215 Å².